The molecule has 1 rings (SSSR count). The number of nitrogens with one attached hydrogen (secondary N) is 1. The summed E-state index contributed by atoms with van der Waals surface area (Å²) < 4.78 is 3.31. The molecule has 0 saturated carbocycles. The minimum absolute atomic E-state index is 0.00944. The first-order valence-electron chi connectivity index (χ1n) is 7.06. The minimum Gasteiger partial charge on any atom is -0.481 e. The Hall–Kier alpha value is -1.85. The van der Waals surface area contributed by atoms with E-state index >= 15 is 0 Å². The second-order valence-electron chi connectivity index (χ2n) is 4.80. The summed E-state index contributed by atoms with van der Waals surface area (Å²) >= 11 is 1.68. The van der Waals surface area contributed by atoms with Gasteiger partial charge >= 0.3 is 5.97 Å². The molecule has 0 aliphatic rings. The fourth-order valence-electron chi connectivity index (χ4n) is 1.63. The molecule has 0 aliphatic carbocycles. The predicted molar refractivity (Wildman–Crippen MR) is 92.4 cm³/mol. The Morgan fingerprint density at radius 1 is 1.41 bits per heavy atom. The van der Waals surface area contributed by atoms with Gasteiger partial charge in [0.05, 0.1) is 6.42 Å². The first kappa shape index (κ1) is 18.2. The monoisotopic (exact) mass is 318 g/mol. The fourth-order valence-corrected chi connectivity index (χ4v) is 2.46. The van der Waals surface area contributed by atoms with Crippen molar-refractivity contribution in [3.8, 4) is 0 Å². The van der Waals surface area contributed by atoms with Crippen molar-refractivity contribution in [3.05, 3.63) is 66.0 Å². The normalized spacial score (nSPS) is 12.2. The van der Waals surface area contributed by atoms with Crippen LogP contribution in [0, 0.1) is 0 Å². The van der Waals surface area contributed by atoms with Gasteiger partial charge in [0.2, 0.25) is 0 Å². The number of allylic oxidation sites excluding steroid dienone is 4. The van der Waals surface area contributed by atoms with E-state index in [0.29, 0.717) is 0 Å². The molecule has 22 heavy (non-hydrogen) atoms. The van der Waals surface area contributed by atoms with Crippen LogP contribution in [0.1, 0.15) is 25.3 Å². The van der Waals surface area contributed by atoms with Crippen LogP contribution in [0.15, 0.2) is 60.5 Å². The summed E-state index contributed by atoms with van der Waals surface area (Å²) in [7, 11) is 0. The molecular weight excluding hydrogens is 296 g/mol. The molecule has 5 heteroatoms. The lowest BCUT2D eigenvalue weighted by Gasteiger charge is -2.04. The Kier molecular flexibility index (Phi) is 8.95. The molecule has 0 aliphatic heterocycles. The van der Waals surface area contributed by atoms with E-state index < -0.39 is 5.97 Å². The largest absolute Gasteiger partial charge is 0.481 e. The maximum atomic E-state index is 10.6. The number of hydrogen-bond acceptors (Lipinski definition) is 4. The summed E-state index contributed by atoms with van der Waals surface area (Å²) in [5, 5.41) is 8.75. The second kappa shape index (κ2) is 10.8. The van der Waals surface area contributed by atoms with Crippen molar-refractivity contribution < 1.29 is 9.90 Å². The highest BCUT2D eigenvalue weighted by molar-refractivity contribution is 7.97. The van der Waals surface area contributed by atoms with E-state index in [1.165, 1.54) is 11.1 Å². The van der Waals surface area contributed by atoms with E-state index in [-0.39, 0.29) is 6.42 Å². The van der Waals surface area contributed by atoms with E-state index in [0.717, 1.165) is 24.3 Å². The highest BCUT2D eigenvalue weighted by Gasteiger charge is 1.99. The van der Waals surface area contributed by atoms with E-state index in [2.05, 4.69) is 16.3 Å². The van der Waals surface area contributed by atoms with Gasteiger partial charge in [0.15, 0.2) is 0 Å². The van der Waals surface area contributed by atoms with Crippen LogP contribution in [0.3, 0.4) is 0 Å². The van der Waals surface area contributed by atoms with Gasteiger partial charge in [-0.3, -0.25) is 14.5 Å². The molecule has 0 amide bonds. The van der Waals surface area contributed by atoms with Gasteiger partial charge < -0.3 is 5.11 Å². The lowest BCUT2D eigenvalue weighted by atomic mass is 10.1. The number of rotatable bonds is 10. The van der Waals surface area contributed by atoms with E-state index in [1.54, 1.807) is 30.4 Å². The van der Waals surface area contributed by atoms with Crippen LogP contribution in [0.4, 0.5) is 0 Å². The quantitative estimate of drug-likeness (QED) is 0.391. The maximum Gasteiger partial charge on any atom is 0.307 e. The van der Waals surface area contributed by atoms with E-state index in [9.17, 15) is 4.79 Å². The molecule has 0 atom stereocenters. The number of carboxylic acids is 1. The molecule has 0 spiro atoms. The third-order valence-electron chi connectivity index (χ3n) is 2.93. The van der Waals surface area contributed by atoms with Gasteiger partial charge in [-0.25, -0.2) is 0 Å². The van der Waals surface area contributed by atoms with Gasteiger partial charge in [-0.2, -0.15) is 0 Å². The van der Waals surface area contributed by atoms with Crippen molar-refractivity contribution in [1.29, 1.82) is 0 Å². The molecule has 4 nitrogen and oxygen atoms in total. The van der Waals surface area contributed by atoms with Crippen LogP contribution < -0.4 is 4.72 Å². The Balaban J connectivity index is 2.25. The number of pyridine rings is 1. The van der Waals surface area contributed by atoms with Crippen LogP contribution in [0.5, 0.6) is 0 Å². The van der Waals surface area contributed by atoms with Crippen LogP contribution in [-0.2, 0) is 11.3 Å². The number of aromatic nitrogens is 1. The average Bonchev–Trinajstić information content (AvgIpc) is 2.51. The van der Waals surface area contributed by atoms with Crippen LogP contribution in [0.25, 0.3) is 0 Å². The van der Waals surface area contributed by atoms with Gasteiger partial charge in [-0.05, 0) is 36.6 Å². The number of carboxylic acid groups (broad SMARTS) is 1. The van der Waals surface area contributed by atoms with Gasteiger partial charge in [-0.15, -0.1) is 0 Å². The molecule has 0 radical (unpaired) electrons. The summed E-state index contributed by atoms with van der Waals surface area (Å²) in [5.41, 5.74) is 3.14. The van der Waals surface area contributed by atoms with Crippen LogP contribution >= 0.6 is 11.9 Å². The summed E-state index contributed by atoms with van der Waals surface area (Å²) in [5.74, 6) is 0.122. The molecule has 1 aromatic heterocycles. The Labute approximate surface area is 136 Å². The third-order valence-corrected chi connectivity index (χ3v) is 3.68. The molecule has 1 aromatic rings. The second-order valence-corrected chi connectivity index (χ2v) is 5.79. The number of carbonyl (C=O) groups is 1. The average molecular weight is 318 g/mol. The number of nitrogens with zero attached hydrogens (tertiary/aromatic N) is 1. The zero-order chi connectivity index (χ0) is 16.2. The number of aliphatic carboxylic acids is 1. The lowest BCUT2D eigenvalue weighted by Crippen LogP contribution is -2.04. The Bertz CT molecular complexity index is 539. The van der Waals surface area contributed by atoms with Crippen LogP contribution in [0.2, 0.25) is 0 Å². The molecule has 118 valence electrons. The zero-order valence-corrected chi connectivity index (χ0v) is 13.6. The van der Waals surface area contributed by atoms with Crippen molar-refractivity contribution in [2.24, 2.45) is 0 Å². The standard InChI is InChI=1S/C17H22N2O2S/c1-3-15(12-17(20)21)5-4-14(2)8-11-22-19-13-16-6-9-18-10-7-16/h3-7,9-10,19H,1,8,11-13H2,2H3,(H,20,21)/b14-4+,15-5+. The van der Waals surface area contributed by atoms with Crippen molar-refractivity contribution in [1.82, 2.24) is 9.71 Å². The van der Waals surface area contributed by atoms with Gasteiger partial charge in [0.25, 0.3) is 0 Å². The fraction of sp³-hybridized carbons (Fsp3) is 0.294. The molecule has 0 unspecified atom stereocenters. The lowest BCUT2D eigenvalue weighted by molar-refractivity contribution is -0.136. The van der Waals surface area contributed by atoms with Gasteiger partial charge in [-0.1, -0.05) is 42.3 Å². The highest BCUT2D eigenvalue weighted by Crippen LogP contribution is 2.09. The SMILES string of the molecule is C=C/C(=C\C=C(/C)CCSNCc1ccncc1)CC(=O)O. The van der Waals surface area contributed by atoms with Crippen LogP contribution in [-0.4, -0.2) is 21.8 Å². The molecule has 0 aromatic carbocycles. The molecule has 1 heterocycles. The topological polar surface area (TPSA) is 62.2 Å². The molecular formula is C17H22N2O2S. The first-order chi connectivity index (χ1) is 10.6. The predicted octanol–water partition coefficient (Wildman–Crippen LogP) is 3.74. The van der Waals surface area contributed by atoms with Gasteiger partial charge in [0.1, 0.15) is 0 Å². The molecule has 0 fully saturated rings. The van der Waals surface area contributed by atoms with Gasteiger partial charge in [0, 0.05) is 24.7 Å². The summed E-state index contributed by atoms with van der Waals surface area (Å²) in [6.45, 7) is 6.49. The summed E-state index contributed by atoms with van der Waals surface area (Å²) in [4.78, 5) is 14.6. The number of hydrogen-bond donors (Lipinski definition) is 2. The summed E-state index contributed by atoms with van der Waals surface area (Å²) in [6.07, 6.45) is 9.90. The molecule has 0 saturated heterocycles. The maximum absolute atomic E-state index is 10.6. The molecule has 2 N–H and O–H groups in total. The summed E-state index contributed by atoms with van der Waals surface area (Å²) in [6, 6.07) is 3.98. The zero-order valence-electron chi connectivity index (χ0n) is 12.8. The van der Waals surface area contributed by atoms with E-state index in [4.69, 9.17) is 5.11 Å². The Morgan fingerprint density at radius 2 is 2.14 bits per heavy atom. The van der Waals surface area contributed by atoms with Crippen molar-refractivity contribution in [2.45, 2.75) is 26.3 Å². The van der Waals surface area contributed by atoms with E-state index in [1.807, 2.05) is 31.2 Å². The molecule has 0 bridgehead atoms. The van der Waals surface area contributed by atoms with Crippen molar-refractivity contribution >= 4 is 17.9 Å². The van der Waals surface area contributed by atoms with Crippen molar-refractivity contribution in [2.75, 3.05) is 5.75 Å². The third kappa shape index (κ3) is 8.44. The smallest absolute Gasteiger partial charge is 0.307 e. The van der Waals surface area contributed by atoms with Crippen molar-refractivity contribution in [3.63, 3.8) is 0 Å². The minimum atomic E-state index is -0.840. The highest BCUT2D eigenvalue weighted by atomic mass is 32.2. The first-order valence-corrected chi connectivity index (χ1v) is 8.04. The Morgan fingerprint density at radius 3 is 2.77 bits per heavy atom.